The first-order valence-electron chi connectivity index (χ1n) is 10.1. The molecule has 0 atom stereocenters. The van der Waals surface area contributed by atoms with E-state index in [0.29, 0.717) is 22.5 Å². The highest BCUT2D eigenvalue weighted by Gasteiger charge is 2.22. The normalized spacial score (nSPS) is 12.9. The van der Waals surface area contributed by atoms with Crippen LogP contribution < -0.4 is 21.3 Å². The number of benzene rings is 2. The van der Waals surface area contributed by atoms with E-state index in [9.17, 15) is 32.8 Å². The number of esters is 1. The summed E-state index contributed by atoms with van der Waals surface area (Å²) < 4.78 is 31.6. The summed E-state index contributed by atoms with van der Waals surface area (Å²) in [5, 5.41) is 18.1. The van der Waals surface area contributed by atoms with Crippen molar-refractivity contribution in [3.8, 4) is 0 Å². The highest BCUT2D eigenvalue weighted by molar-refractivity contribution is 6.02. The number of aliphatic hydroxyl groups is 1. The quantitative estimate of drug-likeness (QED) is 0.392. The molecule has 11 nitrogen and oxygen atoms in total. The van der Waals surface area contributed by atoms with Crippen LogP contribution in [0.3, 0.4) is 0 Å². The zero-order chi connectivity index (χ0) is 25.7. The van der Waals surface area contributed by atoms with Gasteiger partial charge >= 0.3 is 5.97 Å². The first-order valence-corrected chi connectivity index (χ1v) is 10.1. The molecule has 0 aliphatic carbocycles. The van der Waals surface area contributed by atoms with E-state index in [1.165, 1.54) is 31.2 Å². The standard InChI is InChI=1S/C12H11FN2O4.C10H9FN2O3/c1-6(16)19-5-12(18)15-10-4-9-7(2-8(10)13)3-11(17)14-9;11-6-1-5-2-9(15)12-7(5)3-8(6)13-10(16)4-14/h2,4H,3,5H2,1H3,(H,14,17)(H,15,18);1,3,14H,2,4H2,(H,12,15)(H,13,16). The van der Waals surface area contributed by atoms with Gasteiger partial charge in [0.15, 0.2) is 6.61 Å². The van der Waals surface area contributed by atoms with Crippen LogP contribution in [0.4, 0.5) is 31.5 Å². The Hall–Kier alpha value is -4.39. The lowest BCUT2D eigenvalue weighted by atomic mass is 10.1. The number of carbonyl (C=O) groups excluding carboxylic acids is 5. The molecule has 13 heteroatoms. The fraction of sp³-hybridized carbons (Fsp3) is 0.227. The summed E-state index contributed by atoms with van der Waals surface area (Å²) in [5.41, 5.74) is 1.93. The Bertz CT molecular complexity index is 1230. The number of carbonyl (C=O) groups is 5. The van der Waals surface area contributed by atoms with Crippen molar-refractivity contribution in [2.24, 2.45) is 0 Å². The Labute approximate surface area is 196 Å². The number of hydrogen-bond donors (Lipinski definition) is 5. The Morgan fingerprint density at radius 2 is 1.34 bits per heavy atom. The van der Waals surface area contributed by atoms with E-state index >= 15 is 0 Å². The third-order valence-corrected chi connectivity index (χ3v) is 4.73. The molecule has 0 saturated heterocycles. The SMILES string of the molecule is CC(=O)OCC(=O)Nc1cc2c(cc1F)CC(=O)N2.O=C(CO)Nc1cc2c(cc1F)CC(=O)N2. The zero-order valence-corrected chi connectivity index (χ0v) is 18.3. The molecule has 5 N–H and O–H groups in total. The molecule has 2 aliphatic rings. The molecule has 2 aromatic rings. The number of halogens is 2. The Balaban J connectivity index is 0.000000198. The number of rotatable bonds is 5. The number of aliphatic hydroxyl groups excluding tert-OH is 1. The lowest BCUT2D eigenvalue weighted by Gasteiger charge is -2.08. The van der Waals surface area contributed by atoms with Gasteiger partial charge in [0.25, 0.3) is 5.91 Å². The number of nitrogens with one attached hydrogen (secondary N) is 4. The number of fused-ring (bicyclic) bond motifs is 2. The minimum absolute atomic E-state index is 0.0556. The van der Waals surface area contributed by atoms with E-state index < -0.39 is 42.6 Å². The summed E-state index contributed by atoms with van der Waals surface area (Å²) >= 11 is 0. The fourth-order valence-corrected chi connectivity index (χ4v) is 3.22. The van der Waals surface area contributed by atoms with Gasteiger partial charge < -0.3 is 31.1 Å². The van der Waals surface area contributed by atoms with Gasteiger partial charge in [-0.2, -0.15) is 0 Å². The van der Waals surface area contributed by atoms with Crippen molar-refractivity contribution in [1.82, 2.24) is 0 Å². The summed E-state index contributed by atoms with van der Waals surface area (Å²) in [6.45, 7) is -0.0418. The molecule has 2 aliphatic heterocycles. The first kappa shape index (κ1) is 25.2. The van der Waals surface area contributed by atoms with Crippen molar-refractivity contribution < 1.29 is 42.6 Å². The maximum Gasteiger partial charge on any atom is 0.303 e. The molecular formula is C22H20F2N4O7. The van der Waals surface area contributed by atoms with Gasteiger partial charge in [0.2, 0.25) is 17.7 Å². The molecule has 2 heterocycles. The second kappa shape index (κ2) is 10.7. The number of anilines is 4. The van der Waals surface area contributed by atoms with Gasteiger partial charge in [-0.3, -0.25) is 24.0 Å². The first-order chi connectivity index (χ1) is 16.5. The van der Waals surface area contributed by atoms with Crippen molar-refractivity contribution in [1.29, 1.82) is 0 Å². The minimum Gasteiger partial charge on any atom is -0.456 e. The Morgan fingerprint density at radius 3 is 1.77 bits per heavy atom. The average molecular weight is 490 g/mol. The van der Waals surface area contributed by atoms with Crippen molar-refractivity contribution in [2.75, 3.05) is 34.5 Å². The topological polar surface area (TPSA) is 163 Å². The average Bonchev–Trinajstić information content (AvgIpc) is 3.32. The molecule has 2 aromatic carbocycles. The summed E-state index contributed by atoms with van der Waals surface area (Å²) in [5.74, 6) is -3.67. The van der Waals surface area contributed by atoms with Crippen LogP contribution in [0.15, 0.2) is 24.3 Å². The number of ether oxygens (including phenoxy) is 1. The van der Waals surface area contributed by atoms with Crippen molar-refractivity contribution >= 4 is 52.3 Å². The van der Waals surface area contributed by atoms with Gasteiger partial charge in [-0.05, 0) is 35.4 Å². The molecule has 0 saturated carbocycles. The molecule has 4 amide bonds. The van der Waals surface area contributed by atoms with Crippen LogP contribution in [0, 0.1) is 11.6 Å². The van der Waals surface area contributed by atoms with E-state index in [2.05, 4.69) is 26.0 Å². The van der Waals surface area contributed by atoms with Gasteiger partial charge in [0.05, 0.1) is 24.2 Å². The molecule has 0 bridgehead atoms. The molecule has 0 fully saturated rings. The van der Waals surface area contributed by atoms with Gasteiger partial charge in [-0.15, -0.1) is 0 Å². The predicted octanol–water partition coefficient (Wildman–Crippen LogP) is 1.07. The molecule has 0 spiro atoms. The lowest BCUT2D eigenvalue weighted by molar-refractivity contribution is -0.145. The van der Waals surface area contributed by atoms with Gasteiger partial charge in [-0.25, -0.2) is 8.78 Å². The van der Waals surface area contributed by atoms with E-state index in [1.54, 1.807) is 0 Å². The minimum atomic E-state index is -0.719. The van der Waals surface area contributed by atoms with Crippen LogP contribution in [0.25, 0.3) is 0 Å². The van der Waals surface area contributed by atoms with E-state index in [0.717, 1.165) is 0 Å². The lowest BCUT2D eigenvalue weighted by Crippen LogP contribution is -2.20. The van der Waals surface area contributed by atoms with E-state index in [4.69, 9.17) is 5.11 Å². The summed E-state index contributed by atoms with van der Waals surface area (Å²) in [6.07, 6.45) is 0.258. The van der Waals surface area contributed by atoms with Crippen LogP contribution in [0.5, 0.6) is 0 Å². The molecule has 0 aromatic heterocycles. The summed E-state index contributed by atoms with van der Waals surface area (Å²) in [6, 6.07) is 5.05. The Kier molecular flexibility index (Phi) is 7.71. The van der Waals surface area contributed by atoms with Gasteiger partial charge in [0, 0.05) is 18.3 Å². The van der Waals surface area contributed by atoms with E-state index in [1.807, 2.05) is 0 Å². The maximum absolute atomic E-state index is 13.7. The number of hydrogen-bond acceptors (Lipinski definition) is 7. The van der Waals surface area contributed by atoms with Crippen LogP contribution in [-0.4, -0.2) is 47.9 Å². The van der Waals surface area contributed by atoms with Gasteiger partial charge in [0.1, 0.15) is 18.2 Å². The van der Waals surface area contributed by atoms with Crippen molar-refractivity contribution in [2.45, 2.75) is 19.8 Å². The van der Waals surface area contributed by atoms with Crippen LogP contribution in [0.1, 0.15) is 18.1 Å². The molecule has 35 heavy (non-hydrogen) atoms. The largest absolute Gasteiger partial charge is 0.456 e. The molecule has 4 rings (SSSR count). The maximum atomic E-state index is 13.7. The monoisotopic (exact) mass is 490 g/mol. The van der Waals surface area contributed by atoms with Crippen LogP contribution in [-0.2, 0) is 41.6 Å². The van der Waals surface area contributed by atoms with Crippen molar-refractivity contribution in [3.63, 3.8) is 0 Å². The third-order valence-electron chi connectivity index (χ3n) is 4.73. The Morgan fingerprint density at radius 1 is 0.886 bits per heavy atom. The molecule has 0 radical (unpaired) electrons. The zero-order valence-electron chi connectivity index (χ0n) is 18.3. The van der Waals surface area contributed by atoms with Crippen molar-refractivity contribution in [3.05, 3.63) is 47.0 Å². The third kappa shape index (κ3) is 6.57. The molecule has 184 valence electrons. The van der Waals surface area contributed by atoms with Crippen LogP contribution in [0.2, 0.25) is 0 Å². The highest BCUT2D eigenvalue weighted by atomic mass is 19.1. The molecule has 0 unspecified atom stereocenters. The van der Waals surface area contributed by atoms with Gasteiger partial charge in [-0.1, -0.05) is 0 Å². The summed E-state index contributed by atoms with van der Waals surface area (Å²) in [7, 11) is 0. The van der Waals surface area contributed by atoms with E-state index in [-0.39, 0.29) is 36.0 Å². The predicted molar refractivity (Wildman–Crippen MR) is 118 cm³/mol. The molecular weight excluding hydrogens is 470 g/mol. The smallest absolute Gasteiger partial charge is 0.303 e. The van der Waals surface area contributed by atoms with Crippen LogP contribution >= 0.6 is 0 Å². The fourth-order valence-electron chi connectivity index (χ4n) is 3.22. The highest BCUT2D eigenvalue weighted by Crippen LogP contribution is 2.30. The second-order valence-corrected chi connectivity index (χ2v) is 7.46. The second-order valence-electron chi connectivity index (χ2n) is 7.46. The number of amides is 4. The summed E-state index contributed by atoms with van der Waals surface area (Å²) in [4.78, 5) is 55.0.